The number of carbonyl (C=O) groups is 1. The van der Waals surface area contributed by atoms with Crippen LogP contribution < -0.4 is 5.56 Å². The zero-order valence-electron chi connectivity index (χ0n) is 18.2. The average molecular weight is 427 g/mol. The standard InChI is InChI=1S/C26H26N4O2/c1-18-6-4-8-21-25(18)28-17-30(26(21)32)13-5-10-24(31)29-14-11-19(12-15-29)22-16-27-23-9-3-2-7-20(22)23/h2-4,6-9,11,16-17,27H,5,10,12-15H2,1H3. The fraction of sp³-hybridized carbons (Fsp3) is 0.269. The van der Waals surface area contributed by atoms with Crippen LogP contribution in [0.25, 0.3) is 27.4 Å². The minimum atomic E-state index is -0.0459. The molecule has 2 aromatic carbocycles. The van der Waals surface area contributed by atoms with E-state index < -0.39 is 0 Å². The second-order valence-electron chi connectivity index (χ2n) is 8.38. The maximum atomic E-state index is 12.7. The molecule has 1 aliphatic heterocycles. The van der Waals surface area contributed by atoms with Gasteiger partial charge in [-0.2, -0.15) is 0 Å². The molecule has 0 bridgehead atoms. The second-order valence-corrected chi connectivity index (χ2v) is 8.38. The number of hydrogen-bond acceptors (Lipinski definition) is 3. The van der Waals surface area contributed by atoms with Crippen molar-refractivity contribution in [3.05, 3.63) is 82.5 Å². The Bertz CT molecular complexity index is 1400. The van der Waals surface area contributed by atoms with Gasteiger partial charge in [-0.15, -0.1) is 0 Å². The van der Waals surface area contributed by atoms with Crippen molar-refractivity contribution in [2.24, 2.45) is 0 Å². The van der Waals surface area contributed by atoms with Gasteiger partial charge in [0, 0.05) is 48.7 Å². The van der Waals surface area contributed by atoms with Crippen LogP contribution >= 0.6 is 0 Å². The SMILES string of the molecule is Cc1cccc2c(=O)n(CCCC(=O)N3CC=C(c4c[nH]c5ccccc45)CC3)cnc12. The van der Waals surface area contributed by atoms with Crippen LogP contribution in [0.4, 0.5) is 0 Å². The topological polar surface area (TPSA) is 71.0 Å². The Morgan fingerprint density at radius 1 is 1.12 bits per heavy atom. The van der Waals surface area contributed by atoms with Crippen molar-refractivity contribution in [3.63, 3.8) is 0 Å². The van der Waals surface area contributed by atoms with Crippen LogP contribution in [0.5, 0.6) is 0 Å². The van der Waals surface area contributed by atoms with Gasteiger partial charge in [0.25, 0.3) is 5.56 Å². The van der Waals surface area contributed by atoms with Crippen molar-refractivity contribution in [1.82, 2.24) is 19.4 Å². The lowest BCUT2D eigenvalue weighted by molar-refractivity contribution is -0.130. The highest BCUT2D eigenvalue weighted by atomic mass is 16.2. The van der Waals surface area contributed by atoms with Crippen LogP contribution in [0.3, 0.4) is 0 Å². The number of carbonyl (C=O) groups excluding carboxylic acids is 1. The fourth-order valence-electron chi connectivity index (χ4n) is 4.53. The first kappa shape index (κ1) is 20.2. The van der Waals surface area contributed by atoms with Crippen LogP contribution in [0.15, 0.2) is 65.9 Å². The molecule has 1 amide bonds. The zero-order chi connectivity index (χ0) is 22.1. The van der Waals surface area contributed by atoms with E-state index in [-0.39, 0.29) is 11.5 Å². The average Bonchev–Trinajstić information content (AvgIpc) is 3.25. The summed E-state index contributed by atoms with van der Waals surface area (Å²) in [5, 5.41) is 1.85. The quantitative estimate of drug-likeness (QED) is 0.518. The molecule has 6 heteroatoms. The molecule has 2 aromatic heterocycles. The maximum Gasteiger partial charge on any atom is 0.261 e. The van der Waals surface area contributed by atoms with Gasteiger partial charge in [0.2, 0.25) is 5.91 Å². The fourth-order valence-corrected chi connectivity index (χ4v) is 4.53. The lowest BCUT2D eigenvalue weighted by Crippen LogP contribution is -2.34. The number of hydrogen-bond donors (Lipinski definition) is 1. The molecule has 4 aromatic rings. The van der Waals surface area contributed by atoms with E-state index in [1.54, 1.807) is 10.9 Å². The van der Waals surface area contributed by atoms with Gasteiger partial charge in [0.15, 0.2) is 0 Å². The molecule has 5 rings (SSSR count). The van der Waals surface area contributed by atoms with Crippen LogP contribution in [0.1, 0.15) is 30.4 Å². The Morgan fingerprint density at radius 3 is 2.81 bits per heavy atom. The van der Waals surface area contributed by atoms with Gasteiger partial charge >= 0.3 is 0 Å². The monoisotopic (exact) mass is 426 g/mol. The summed E-state index contributed by atoms with van der Waals surface area (Å²) >= 11 is 0. The number of para-hydroxylation sites is 2. The molecular weight excluding hydrogens is 400 g/mol. The summed E-state index contributed by atoms with van der Waals surface area (Å²) in [6.07, 6.45) is 7.71. The first-order valence-corrected chi connectivity index (χ1v) is 11.1. The third-order valence-corrected chi connectivity index (χ3v) is 6.34. The highest BCUT2D eigenvalue weighted by Gasteiger charge is 2.19. The molecule has 1 N–H and O–H groups in total. The summed E-state index contributed by atoms with van der Waals surface area (Å²) < 4.78 is 1.61. The molecule has 6 nitrogen and oxygen atoms in total. The van der Waals surface area contributed by atoms with Crippen LogP contribution in [0.2, 0.25) is 0 Å². The molecule has 0 fully saturated rings. The first-order chi connectivity index (χ1) is 15.6. The van der Waals surface area contributed by atoms with Gasteiger partial charge in [-0.25, -0.2) is 4.98 Å². The molecule has 1 aliphatic rings. The summed E-state index contributed by atoms with van der Waals surface area (Å²) in [4.78, 5) is 35.1. The lowest BCUT2D eigenvalue weighted by atomic mass is 9.98. The highest BCUT2D eigenvalue weighted by Crippen LogP contribution is 2.29. The van der Waals surface area contributed by atoms with Crippen molar-refractivity contribution in [3.8, 4) is 0 Å². The van der Waals surface area contributed by atoms with Gasteiger partial charge in [-0.3, -0.25) is 14.2 Å². The number of fused-ring (bicyclic) bond motifs is 2. The predicted octanol–water partition coefficient (Wildman–Crippen LogP) is 4.28. The van der Waals surface area contributed by atoms with E-state index in [4.69, 9.17) is 0 Å². The molecule has 0 aliphatic carbocycles. The normalized spacial score (nSPS) is 14.2. The Balaban J connectivity index is 1.20. The number of nitrogens with one attached hydrogen (secondary N) is 1. The van der Waals surface area contributed by atoms with E-state index in [1.165, 1.54) is 16.5 Å². The Labute approximate surface area is 186 Å². The molecule has 3 heterocycles. The number of aromatic amines is 1. The lowest BCUT2D eigenvalue weighted by Gasteiger charge is -2.26. The number of nitrogens with zero attached hydrogens (tertiary/aromatic N) is 3. The van der Waals surface area contributed by atoms with Crippen molar-refractivity contribution >= 4 is 33.3 Å². The maximum absolute atomic E-state index is 12.7. The predicted molar refractivity (Wildman–Crippen MR) is 127 cm³/mol. The molecule has 0 unspecified atom stereocenters. The van der Waals surface area contributed by atoms with Crippen LogP contribution in [-0.4, -0.2) is 38.4 Å². The summed E-state index contributed by atoms with van der Waals surface area (Å²) in [5.74, 6) is 0.136. The van der Waals surface area contributed by atoms with E-state index in [9.17, 15) is 9.59 Å². The zero-order valence-corrected chi connectivity index (χ0v) is 18.2. The second kappa shape index (κ2) is 8.46. The highest BCUT2D eigenvalue weighted by molar-refractivity contribution is 5.93. The van der Waals surface area contributed by atoms with Crippen LogP contribution in [-0.2, 0) is 11.3 Å². The van der Waals surface area contributed by atoms with Gasteiger partial charge in [0.05, 0.1) is 17.2 Å². The smallest absolute Gasteiger partial charge is 0.261 e. The molecule has 32 heavy (non-hydrogen) atoms. The van der Waals surface area contributed by atoms with E-state index in [0.29, 0.717) is 31.3 Å². The van der Waals surface area contributed by atoms with E-state index in [0.717, 1.165) is 29.6 Å². The van der Waals surface area contributed by atoms with Gasteiger partial charge in [-0.1, -0.05) is 36.4 Å². The molecule has 0 radical (unpaired) electrons. The number of H-pyrrole nitrogens is 1. The number of rotatable bonds is 5. The summed E-state index contributed by atoms with van der Waals surface area (Å²) in [6.45, 7) is 3.80. The van der Waals surface area contributed by atoms with Gasteiger partial charge in [-0.05, 0) is 43.0 Å². The minimum absolute atomic E-state index is 0.0459. The molecule has 0 saturated carbocycles. The van der Waals surface area contributed by atoms with E-state index >= 15 is 0 Å². The van der Waals surface area contributed by atoms with Crippen molar-refractivity contribution in [1.29, 1.82) is 0 Å². The molecule has 0 saturated heterocycles. The van der Waals surface area contributed by atoms with Crippen molar-refractivity contribution in [2.45, 2.75) is 32.7 Å². The summed E-state index contributed by atoms with van der Waals surface area (Å²) in [5.41, 5.74) is 5.34. The van der Waals surface area contributed by atoms with Crippen molar-refractivity contribution in [2.75, 3.05) is 13.1 Å². The number of aromatic nitrogens is 3. The van der Waals surface area contributed by atoms with Gasteiger partial charge in [0.1, 0.15) is 0 Å². The number of benzene rings is 2. The number of aryl methyl sites for hydroxylation is 2. The molecular formula is C26H26N4O2. The van der Waals surface area contributed by atoms with E-state index in [2.05, 4.69) is 40.4 Å². The molecule has 162 valence electrons. The summed E-state index contributed by atoms with van der Waals surface area (Å²) in [7, 11) is 0. The van der Waals surface area contributed by atoms with E-state index in [1.807, 2.05) is 36.1 Å². The Morgan fingerprint density at radius 2 is 1.97 bits per heavy atom. The largest absolute Gasteiger partial charge is 0.361 e. The van der Waals surface area contributed by atoms with Crippen LogP contribution in [0, 0.1) is 6.92 Å². The summed E-state index contributed by atoms with van der Waals surface area (Å²) in [6, 6.07) is 13.9. The number of amides is 1. The molecule has 0 spiro atoms. The minimum Gasteiger partial charge on any atom is -0.361 e. The van der Waals surface area contributed by atoms with Crippen molar-refractivity contribution < 1.29 is 4.79 Å². The third kappa shape index (κ3) is 3.73. The molecule has 0 atom stereocenters. The van der Waals surface area contributed by atoms with Gasteiger partial charge < -0.3 is 9.88 Å². The first-order valence-electron chi connectivity index (χ1n) is 11.1. The Kier molecular flexibility index (Phi) is 5.35. The Hall–Kier alpha value is -3.67. The third-order valence-electron chi connectivity index (χ3n) is 6.34.